The molecule has 0 spiro atoms. The van der Waals surface area contributed by atoms with Gasteiger partial charge in [0, 0.05) is 56.1 Å². The number of allylic oxidation sites excluding steroid dienone is 1. The van der Waals surface area contributed by atoms with Gasteiger partial charge in [0.2, 0.25) is 0 Å². The maximum Gasteiger partial charge on any atom is 0.141 e. The third kappa shape index (κ3) is 6.07. The van der Waals surface area contributed by atoms with Gasteiger partial charge in [-0.1, -0.05) is 5.73 Å². The third-order valence-corrected chi connectivity index (χ3v) is 7.18. The van der Waals surface area contributed by atoms with E-state index in [0.717, 1.165) is 90.2 Å². The monoisotopic (exact) mass is 535 g/mol. The predicted octanol–water partition coefficient (Wildman–Crippen LogP) is 4.83. The fourth-order valence-electron chi connectivity index (χ4n) is 4.85. The van der Waals surface area contributed by atoms with Gasteiger partial charge in [-0.3, -0.25) is 0 Å². The number of hydrogen-bond acceptors (Lipinski definition) is 9. The summed E-state index contributed by atoms with van der Waals surface area (Å²) in [6.45, 7) is 8.30. The average Bonchev–Trinajstić information content (AvgIpc) is 2.98. The van der Waals surface area contributed by atoms with Gasteiger partial charge in [-0.05, 0) is 68.4 Å². The number of aliphatic imine (C=N–C) groups is 1. The lowest BCUT2D eigenvalue weighted by molar-refractivity contribution is 0.145. The minimum atomic E-state index is 0.680. The van der Waals surface area contributed by atoms with Crippen LogP contribution in [0.5, 0.6) is 11.5 Å². The standard InChI is InChI=1S/C31H33N7O2/c1-23-19-24(5-8-29(23)40-26-9-13-38-12-3-10-32-30(38)21-26)35-31-27-20-25(6-7-28(27)33-22-34-31)39-18-4-11-37-16-14-36(2)15-17-37/h5-10,12-13,19-22H,4,11,14-18H2,1-2H3,(H,33,34,35). The van der Waals surface area contributed by atoms with E-state index in [1.54, 1.807) is 12.5 Å². The lowest BCUT2D eigenvalue weighted by atomic mass is 10.1. The van der Waals surface area contributed by atoms with Gasteiger partial charge in [0.05, 0.1) is 24.5 Å². The molecule has 0 saturated carbocycles. The minimum Gasteiger partial charge on any atom is -0.494 e. The van der Waals surface area contributed by atoms with Crippen LogP contribution in [0, 0.1) is 6.92 Å². The van der Waals surface area contributed by atoms with Crippen molar-refractivity contribution >= 4 is 28.2 Å². The molecule has 0 radical (unpaired) electrons. The molecule has 9 heteroatoms. The Morgan fingerprint density at radius 1 is 1.05 bits per heavy atom. The molecule has 2 aromatic carbocycles. The second-order valence-electron chi connectivity index (χ2n) is 10.1. The molecule has 1 fully saturated rings. The summed E-state index contributed by atoms with van der Waals surface area (Å²) >= 11 is 0. The molecule has 3 aliphatic rings. The minimum absolute atomic E-state index is 0.680. The molecule has 3 aromatic rings. The molecule has 1 N–H and O–H groups in total. The molecule has 0 aliphatic carbocycles. The second-order valence-corrected chi connectivity index (χ2v) is 10.1. The van der Waals surface area contributed by atoms with Crippen molar-refractivity contribution in [1.82, 2.24) is 24.7 Å². The molecule has 0 bridgehead atoms. The molecule has 0 atom stereocenters. The van der Waals surface area contributed by atoms with E-state index in [4.69, 9.17) is 9.47 Å². The zero-order valence-corrected chi connectivity index (χ0v) is 22.9. The SMILES string of the molecule is Cc1cc(Nc2ncnc3ccc(OCCCN4CCN(C)CC4)cc23)ccc1OC1=CC2=NC=C=CN2C=C1. The number of ether oxygens (including phenoxy) is 2. The molecule has 0 amide bonds. The fourth-order valence-corrected chi connectivity index (χ4v) is 4.85. The molecule has 1 aromatic heterocycles. The summed E-state index contributed by atoms with van der Waals surface area (Å²) < 4.78 is 12.3. The van der Waals surface area contributed by atoms with Gasteiger partial charge in [-0.25, -0.2) is 15.0 Å². The number of anilines is 2. The van der Waals surface area contributed by atoms with E-state index in [-0.39, 0.29) is 0 Å². The summed E-state index contributed by atoms with van der Waals surface area (Å²) in [6.07, 6.45) is 11.8. The van der Waals surface area contributed by atoms with E-state index < -0.39 is 0 Å². The van der Waals surface area contributed by atoms with Crippen LogP contribution in [0.25, 0.3) is 10.9 Å². The van der Waals surface area contributed by atoms with E-state index in [2.05, 4.69) is 42.9 Å². The molecule has 3 aliphatic heterocycles. The van der Waals surface area contributed by atoms with Gasteiger partial charge in [0.1, 0.15) is 35.2 Å². The fraction of sp³-hybridized carbons (Fsp3) is 0.290. The van der Waals surface area contributed by atoms with Crippen molar-refractivity contribution in [3.8, 4) is 11.5 Å². The summed E-state index contributed by atoms with van der Waals surface area (Å²) in [5.74, 6) is 3.85. The largest absolute Gasteiger partial charge is 0.494 e. The number of rotatable bonds is 9. The molecule has 4 heterocycles. The van der Waals surface area contributed by atoms with Crippen LogP contribution >= 0.6 is 0 Å². The maximum absolute atomic E-state index is 6.16. The van der Waals surface area contributed by atoms with Crippen molar-refractivity contribution in [2.24, 2.45) is 4.99 Å². The van der Waals surface area contributed by atoms with Gasteiger partial charge in [-0.2, -0.15) is 0 Å². The van der Waals surface area contributed by atoms with Gasteiger partial charge >= 0.3 is 0 Å². The first-order valence-electron chi connectivity index (χ1n) is 13.6. The first-order chi connectivity index (χ1) is 19.6. The Bertz CT molecular complexity index is 1550. The zero-order valence-electron chi connectivity index (χ0n) is 22.9. The highest BCUT2D eigenvalue weighted by atomic mass is 16.5. The van der Waals surface area contributed by atoms with Crippen LogP contribution < -0.4 is 14.8 Å². The first-order valence-corrected chi connectivity index (χ1v) is 13.6. The first kappa shape index (κ1) is 25.8. The highest BCUT2D eigenvalue weighted by molar-refractivity contribution is 5.97. The van der Waals surface area contributed by atoms with Crippen LogP contribution in [0.3, 0.4) is 0 Å². The van der Waals surface area contributed by atoms with Crippen molar-refractivity contribution in [3.63, 3.8) is 0 Å². The Morgan fingerprint density at radius 3 is 2.83 bits per heavy atom. The molecular weight excluding hydrogens is 502 g/mol. The molecule has 40 heavy (non-hydrogen) atoms. The number of piperazine rings is 1. The van der Waals surface area contributed by atoms with Crippen molar-refractivity contribution in [1.29, 1.82) is 0 Å². The normalized spacial score (nSPS) is 17.0. The quantitative estimate of drug-likeness (QED) is 0.309. The molecular formula is C31H33N7O2. The van der Waals surface area contributed by atoms with Crippen LogP contribution in [-0.2, 0) is 0 Å². The van der Waals surface area contributed by atoms with Gasteiger partial charge in [-0.15, -0.1) is 0 Å². The number of benzene rings is 2. The van der Waals surface area contributed by atoms with Gasteiger partial charge in [0.25, 0.3) is 0 Å². The number of nitrogens with zero attached hydrogens (tertiary/aromatic N) is 6. The van der Waals surface area contributed by atoms with E-state index in [9.17, 15) is 0 Å². The third-order valence-electron chi connectivity index (χ3n) is 7.18. The lowest BCUT2D eigenvalue weighted by Gasteiger charge is -2.32. The lowest BCUT2D eigenvalue weighted by Crippen LogP contribution is -2.44. The van der Waals surface area contributed by atoms with E-state index in [0.29, 0.717) is 6.61 Å². The van der Waals surface area contributed by atoms with E-state index in [1.165, 1.54) is 0 Å². The Kier molecular flexibility index (Phi) is 7.59. The smallest absolute Gasteiger partial charge is 0.141 e. The molecule has 1 saturated heterocycles. The molecule has 6 rings (SSSR count). The average molecular weight is 536 g/mol. The van der Waals surface area contributed by atoms with Crippen LogP contribution in [-0.4, -0.2) is 76.9 Å². The summed E-state index contributed by atoms with van der Waals surface area (Å²) in [5.41, 5.74) is 5.73. The van der Waals surface area contributed by atoms with Crippen molar-refractivity contribution in [3.05, 3.63) is 90.5 Å². The van der Waals surface area contributed by atoms with Gasteiger partial charge in [0.15, 0.2) is 0 Å². The summed E-state index contributed by atoms with van der Waals surface area (Å²) in [4.78, 5) is 20.1. The van der Waals surface area contributed by atoms with Crippen molar-refractivity contribution in [2.75, 3.05) is 51.7 Å². The Hall–Kier alpha value is -4.43. The van der Waals surface area contributed by atoms with Crippen molar-refractivity contribution < 1.29 is 9.47 Å². The Morgan fingerprint density at radius 2 is 1.95 bits per heavy atom. The van der Waals surface area contributed by atoms with E-state index in [1.807, 2.05) is 72.8 Å². The number of nitrogens with one attached hydrogen (secondary N) is 1. The van der Waals surface area contributed by atoms with Crippen molar-refractivity contribution in [2.45, 2.75) is 13.3 Å². The molecule has 0 unspecified atom stereocenters. The molecule has 9 nitrogen and oxygen atoms in total. The van der Waals surface area contributed by atoms with Crippen LogP contribution in [0.2, 0.25) is 0 Å². The number of fused-ring (bicyclic) bond motifs is 2. The number of hydrogen-bond donors (Lipinski definition) is 1. The second kappa shape index (κ2) is 11.8. The highest BCUT2D eigenvalue weighted by Crippen LogP contribution is 2.30. The van der Waals surface area contributed by atoms with E-state index >= 15 is 0 Å². The number of aryl methyl sites for hydroxylation is 1. The van der Waals surface area contributed by atoms with Crippen LogP contribution in [0.1, 0.15) is 12.0 Å². The van der Waals surface area contributed by atoms with Gasteiger partial charge < -0.3 is 29.5 Å². The number of aromatic nitrogens is 2. The Labute approximate surface area is 234 Å². The number of likely N-dealkylation sites (N-methyl/N-ethyl adjacent to an activating group) is 1. The summed E-state index contributed by atoms with van der Waals surface area (Å²) in [6, 6.07) is 12.0. The number of amidine groups is 1. The summed E-state index contributed by atoms with van der Waals surface area (Å²) in [7, 11) is 2.18. The summed E-state index contributed by atoms with van der Waals surface area (Å²) in [5, 5.41) is 4.37. The van der Waals surface area contributed by atoms with Crippen LogP contribution in [0.15, 0.2) is 90.0 Å². The highest BCUT2D eigenvalue weighted by Gasteiger charge is 2.15. The van der Waals surface area contributed by atoms with Crippen LogP contribution in [0.4, 0.5) is 11.5 Å². The maximum atomic E-state index is 6.16. The topological polar surface area (TPSA) is 78.4 Å². The Balaban J connectivity index is 1.10. The molecule has 204 valence electrons. The predicted molar refractivity (Wildman–Crippen MR) is 158 cm³/mol. The zero-order chi connectivity index (χ0) is 27.3.